The van der Waals surface area contributed by atoms with Crippen LogP contribution in [0.1, 0.15) is 52.4 Å². The molecule has 1 atom stereocenters. The molecule has 0 saturated carbocycles. The molecule has 1 aromatic heterocycles. The Balaban J connectivity index is 1.44. The van der Waals surface area contributed by atoms with Crippen molar-refractivity contribution >= 4 is 28.5 Å². The number of H-pyrrole nitrogens is 1. The van der Waals surface area contributed by atoms with E-state index in [1.165, 1.54) is 31.1 Å². The summed E-state index contributed by atoms with van der Waals surface area (Å²) in [7, 11) is 0. The number of carbonyl (C=O) groups excluding carboxylic acids is 1. The molecule has 0 aliphatic carbocycles. The number of carboxylic acid groups (broad SMARTS) is 1. The first kappa shape index (κ1) is 22.7. The van der Waals surface area contributed by atoms with E-state index in [1.807, 2.05) is 48.5 Å². The first-order chi connectivity index (χ1) is 17.1. The molecule has 1 fully saturated rings. The van der Waals surface area contributed by atoms with E-state index < -0.39 is 5.97 Å². The highest BCUT2D eigenvalue weighted by molar-refractivity contribution is 6.03. The van der Waals surface area contributed by atoms with E-state index in [2.05, 4.69) is 33.4 Å². The molecule has 1 amide bonds. The van der Waals surface area contributed by atoms with E-state index in [-0.39, 0.29) is 23.9 Å². The molecular weight excluding hydrogens is 438 g/mol. The van der Waals surface area contributed by atoms with Gasteiger partial charge in [0, 0.05) is 41.4 Å². The molecule has 35 heavy (non-hydrogen) atoms. The van der Waals surface area contributed by atoms with Gasteiger partial charge in [0.05, 0.1) is 18.0 Å². The number of aromatic carboxylic acids is 1. The number of aromatic nitrogens is 1. The molecule has 5 rings (SSSR count). The van der Waals surface area contributed by atoms with Crippen molar-refractivity contribution in [2.24, 2.45) is 0 Å². The molecule has 1 unspecified atom stereocenters. The third kappa shape index (κ3) is 4.92. The van der Waals surface area contributed by atoms with Gasteiger partial charge >= 0.3 is 5.97 Å². The Morgan fingerprint density at radius 1 is 0.943 bits per heavy atom. The summed E-state index contributed by atoms with van der Waals surface area (Å²) >= 11 is 0. The Morgan fingerprint density at radius 2 is 1.69 bits per heavy atom. The number of hydrogen-bond donors (Lipinski definition) is 3. The van der Waals surface area contributed by atoms with Gasteiger partial charge in [0.1, 0.15) is 0 Å². The Hall–Kier alpha value is -4.06. The van der Waals surface area contributed by atoms with Crippen LogP contribution in [-0.4, -0.2) is 35.1 Å². The summed E-state index contributed by atoms with van der Waals surface area (Å²) in [5, 5.41) is 13.3. The maximum atomic E-state index is 13.3. The number of rotatable bonds is 7. The minimum absolute atomic E-state index is 0.112. The lowest BCUT2D eigenvalue weighted by Gasteiger charge is -2.33. The standard InChI is InChI=1S/C29H29N3O3/c33-27(18-20-13-14-25-23(17-20)24(19-30-25)29(34)35)31-28(21-9-3-1-4-10-21)22-11-5-6-12-26(22)32-15-7-2-8-16-32/h1,3-6,9-14,17,19,28,30H,2,7-8,15-16,18H2,(H,31,33)(H,34,35). The lowest BCUT2D eigenvalue weighted by molar-refractivity contribution is -0.120. The van der Waals surface area contributed by atoms with E-state index >= 15 is 0 Å². The first-order valence-electron chi connectivity index (χ1n) is 12.1. The van der Waals surface area contributed by atoms with Crippen LogP contribution in [0.2, 0.25) is 0 Å². The van der Waals surface area contributed by atoms with Gasteiger partial charge in [0.15, 0.2) is 0 Å². The van der Waals surface area contributed by atoms with E-state index in [9.17, 15) is 14.7 Å². The van der Waals surface area contributed by atoms with Gasteiger partial charge in [-0.2, -0.15) is 0 Å². The van der Waals surface area contributed by atoms with E-state index in [0.29, 0.717) is 5.39 Å². The van der Waals surface area contributed by atoms with Crippen LogP contribution < -0.4 is 10.2 Å². The maximum Gasteiger partial charge on any atom is 0.337 e. The number of para-hydroxylation sites is 1. The molecule has 0 spiro atoms. The second-order valence-corrected chi connectivity index (χ2v) is 9.08. The van der Waals surface area contributed by atoms with Gasteiger partial charge < -0.3 is 20.3 Å². The fourth-order valence-electron chi connectivity index (χ4n) is 4.99. The molecule has 1 saturated heterocycles. The molecule has 1 aliphatic rings. The number of hydrogen-bond acceptors (Lipinski definition) is 3. The quantitative estimate of drug-likeness (QED) is 0.344. The fourth-order valence-corrected chi connectivity index (χ4v) is 4.99. The van der Waals surface area contributed by atoms with Crippen molar-refractivity contribution in [1.29, 1.82) is 0 Å². The molecular formula is C29H29N3O3. The minimum atomic E-state index is -0.990. The summed E-state index contributed by atoms with van der Waals surface area (Å²) < 4.78 is 0. The highest BCUT2D eigenvalue weighted by Crippen LogP contribution is 2.32. The fraction of sp³-hybridized carbons (Fsp3) is 0.241. The van der Waals surface area contributed by atoms with Crippen molar-refractivity contribution in [3.8, 4) is 0 Å². The molecule has 1 aliphatic heterocycles. The molecule has 0 bridgehead atoms. The molecule has 2 heterocycles. The second-order valence-electron chi connectivity index (χ2n) is 9.08. The molecule has 178 valence electrons. The van der Waals surface area contributed by atoms with Crippen LogP contribution in [0, 0.1) is 0 Å². The van der Waals surface area contributed by atoms with Crippen LogP contribution >= 0.6 is 0 Å². The smallest absolute Gasteiger partial charge is 0.337 e. The summed E-state index contributed by atoms with van der Waals surface area (Å²) in [6.07, 6.45) is 5.26. The number of aromatic amines is 1. The third-order valence-electron chi connectivity index (χ3n) is 6.72. The van der Waals surface area contributed by atoms with Crippen molar-refractivity contribution in [3.05, 3.63) is 101 Å². The van der Waals surface area contributed by atoms with Gasteiger partial charge in [-0.15, -0.1) is 0 Å². The maximum absolute atomic E-state index is 13.3. The summed E-state index contributed by atoms with van der Waals surface area (Å²) in [4.78, 5) is 30.2. The third-order valence-corrected chi connectivity index (χ3v) is 6.72. The van der Waals surface area contributed by atoms with E-state index in [0.717, 1.165) is 35.3 Å². The number of carboxylic acids is 1. The number of benzene rings is 3. The van der Waals surface area contributed by atoms with Crippen LogP contribution in [0.15, 0.2) is 79.0 Å². The highest BCUT2D eigenvalue weighted by Gasteiger charge is 2.23. The van der Waals surface area contributed by atoms with Crippen LogP contribution in [0.25, 0.3) is 10.9 Å². The summed E-state index contributed by atoms with van der Waals surface area (Å²) in [6.45, 7) is 2.05. The zero-order chi connectivity index (χ0) is 24.2. The second kappa shape index (κ2) is 10.1. The summed E-state index contributed by atoms with van der Waals surface area (Å²) in [5.41, 5.74) is 5.00. The van der Waals surface area contributed by atoms with Gasteiger partial charge in [-0.25, -0.2) is 4.79 Å². The number of amides is 1. The molecule has 6 nitrogen and oxygen atoms in total. The Kier molecular flexibility index (Phi) is 6.53. The predicted octanol–water partition coefficient (Wildman–Crippen LogP) is 5.30. The zero-order valence-corrected chi connectivity index (χ0v) is 19.5. The van der Waals surface area contributed by atoms with Crippen LogP contribution in [0.4, 0.5) is 5.69 Å². The Bertz CT molecular complexity index is 1340. The monoisotopic (exact) mass is 467 g/mol. The average Bonchev–Trinajstić information content (AvgIpc) is 3.32. The van der Waals surface area contributed by atoms with Crippen molar-refractivity contribution in [1.82, 2.24) is 10.3 Å². The topological polar surface area (TPSA) is 85.4 Å². The number of carbonyl (C=O) groups is 2. The Labute approximate surface area is 204 Å². The van der Waals surface area contributed by atoms with E-state index in [1.54, 1.807) is 6.07 Å². The van der Waals surface area contributed by atoms with Crippen LogP contribution in [0.5, 0.6) is 0 Å². The lowest BCUT2D eigenvalue weighted by atomic mass is 9.95. The van der Waals surface area contributed by atoms with Gasteiger partial charge in [0.2, 0.25) is 5.91 Å². The van der Waals surface area contributed by atoms with E-state index in [4.69, 9.17) is 0 Å². The van der Waals surface area contributed by atoms with Gasteiger partial charge in [-0.05, 0) is 48.6 Å². The molecule has 6 heteroatoms. The van der Waals surface area contributed by atoms with Crippen molar-refractivity contribution in [3.63, 3.8) is 0 Å². The number of nitrogens with one attached hydrogen (secondary N) is 2. The summed E-state index contributed by atoms with van der Waals surface area (Å²) in [6, 6.07) is 23.6. The molecule has 3 N–H and O–H groups in total. The van der Waals surface area contributed by atoms with Crippen molar-refractivity contribution < 1.29 is 14.7 Å². The number of piperidine rings is 1. The molecule has 0 radical (unpaired) electrons. The molecule has 4 aromatic rings. The lowest BCUT2D eigenvalue weighted by Crippen LogP contribution is -2.34. The number of fused-ring (bicyclic) bond motifs is 1. The Morgan fingerprint density at radius 3 is 2.46 bits per heavy atom. The first-order valence-corrected chi connectivity index (χ1v) is 12.1. The van der Waals surface area contributed by atoms with Crippen molar-refractivity contribution in [2.45, 2.75) is 31.7 Å². The number of nitrogens with zero attached hydrogens (tertiary/aromatic N) is 1. The SMILES string of the molecule is O=C(Cc1ccc2[nH]cc(C(=O)O)c2c1)NC(c1ccccc1)c1ccccc1N1CCCCC1. The predicted molar refractivity (Wildman–Crippen MR) is 138 cm³/mol. The zero-order valence-electron chi connectivity index (χ0n) is 19.5. The largest absolute Gasteiger partial charge is 0.478 e. The van der Waals surface area contributed by atoms with Crippen LogP contribution in [-0.2, 0) is 11.2 Å². The normalized spacial score (nSPS) is 14.6. The number of anilines is 1. The highest BCUT2D eigenvalue weighted by atomic mass is 16.4. The van der Waals surface area contributed by atoms with Gasteiger partial charge in [0.25, 0.3) is 0 Å². The average molecular weight is 468 g/mol. The molecule has 3 aromatic carbocycles. The van der Waals surface area contributed by atoms with Gasteiger partial charge in [-0.3, -0.25) is 4.79 Å². The summed E-state index contributed by atoms with van der Waals surface area (Å²) in [5.74, 6) is -1.10. The van der Waals surface area contributed by atoms with Gasteiger partial charge in [-0.1, -0.05) is 54.6 Å². The van der Waals surface area contributed by atoms with Crippen molar-refractivity contribution in [2.75, 3.05) is 18.0 Å². The minimum Gasteiger partial charge on any atom is -0.478 e. The van der Waals surface area contributed by atoms with Crippen LogP contribution in [0.3, 0.4) is 0 Å².